The molecule has 1 aliphatic heterocycles. The molecule has 0 N–H and O–H groups in total. The van der Waals surface area contributed by atoms with Gasteiger partial charge in [-0.05, 0) is 17.5 Å². The first-order chi connectivity index (χ1) is 10.9. The van der Waals surface area contributed by atoms with Crippen LogP contribution in [0.25, 0.3) is 22.5 Å². The number of hydrogen-bond acceptors (Lipinski definition) is 2. The van der Waals surface area contributed by atoms with Crippen molar-refractivity contribution in [2.24, 2.45) is 0 Å². The van der Waals surface area contributed by atoms with Gasteiger partial charge in [0.2, 0.25) is 0 Å². The van der Waals surface area contributed by atoms with Gasteiger partial charge in [0.15, 0.2) is 0 Å². The molecular formula is C19H18N2O. The van der Waals surface area contributed by atoms with Gasteiger partial charge in [-0.1, -0.05) is 54.6 Å². The van der Waals surface area contributed by atoms with Crippen molar-refractivity contribution < 1.29 is 4.74 Å². The van der Waals surface area contributed by atoms with Crippen molar-refractivity contribution in [1.29, 1.82) is 0 Å². The lowest BCUT2D eigenvalue weighted by molar-refractivity contribution is 0.187. The molecule has 0 bridgehead atoms. The van der Waals surface area contributed by atoms with Gasteiger partial charge in [-0.25, -0.2) is 4.98 Å². The fraction of sp³-hybridized carbons (Fsp3) is 0.211. The second-order valence-corrected chi connectivity index (χ2v) is 5.62. The van der Waals surface area contributed by atoms with Crippen molar-refractivity contribution in [3.05, 3.63) is 67.0 Å². The Morgan fingerprint density at radius 3 is 2.36 bits per heavy atom. The van der Waals surface area contributed by atoms with E-state index in [1.54, 1.807) is 0 Å². The molecule has 2 aromatic carbocycles. The van der Waals surface area contributed by atoms with Crippen molar-refractivity contribution in [3.8, 4) is 22.5 Å². The van der Waals surface area contributed by atoms with E-state index in [0.717, 1.165) is 31.0 Å². The molecule has 110 valence electrons. The van der Waals surface area contributed by atoms with Gasteiger partial charge in [0.1, 0.15) is 5.82 Å². The summed E-state index contributed by atoms with van der Waals surface area (Å²) in [6.45, 7) is 1.63. The lowest BCUT2D eigenvalue weighted by Gasteiger charge is -2.14. The first kappa shape index (κ1) is 13.3. The number of rotatable bonds is 3. The summed E-state index contributed by atoms with van der Waals surface area (Å²) in [6.07, 6.45) is 4.99. The van der Waals surface area contributed by atoms with E-state index in [0.29, 0.717) is 6.04 Å². The molecule has 0 amide bonds. The van der Waals surface area contributed by atoms with Crippen LogP contribution in [-0.4, -0.2) is 22.8 Å². The highest BCUT2D eigenvalue weighted by Gasteiger charge is 2.20. The maximum Gasteiger partial charge on any atom is 0.140 e. The standard InChI is InChI=1S/C19H18N2O/c1-2-4-15(5-3-1)16-6-8-17(9-7-16)19-20-11-12-21(19)18-10-13-22-14-18/h1-9,11-12,18H,10,13-14H2. The van der Waals surface area contributed by atoms with Crippen LogP contribution < -0.4 is 0 Å². The molecule has 1 aromatic heterocycles. The van der Waals surface area contributed by atoms with Crippen molar-refractivity contribution in [1.82, 2.24) is 9.55 Å². The molecule has 1 unspecified atom stereocenters. The molecule has 0 spiro atoms. The predicted octanol–water partition coefficient (Wildman–Crippen LogP) is 4.18. The van der Waals surface area contributed by atoms with Crippen LogP contribution in [0.1, 0.15) is 12.5 Å². The third-order valence-corrected chi connectivity index (χ3v) is 4.22. The molecule has 2 heterocycles. The van der Waals surface area contributed by atoms with E-state index in [4.69, 9.17) is 4.74 Å². The van der Waals surface area contributed by atoms with Gasteiger partial charge in [-0.3, -0.25) is 0 Å². The minimum atomic E-state index is 0.409. The van der Waals surface area contributed by atoms with Crippen molar-refractivity contribution in [3.63, 3.8) is 0 Å². The van der Waals surface area contributed by atoms with Crippen LogP contribution in [0.3, 0.4) is 0 Å². The van der Waals surface area contributed by atoms with E-state index < -0.39 is 0 Å². The number of benzene rings is 2. The molecule has 3 nitrogen and oxygen atoms in total. The van der Waals surface area contributed by atoms with Crippen LogP contribution in [0.4, 0.5) is 0 Å². The highest BCUT2D eigenvalue weighted by Crippen LogP contribution is 2.28. The van der Waals surface area contributed by atoms with Crippen molar-refractivity contribution >= 4 is 0 Å². The zero-order valence-corrected chi connectivity index (χ0v) is 12.4. The second-order valence-electron chi connectivity index (χ2n) is 5.62. The maximum atomic E-state index is 5.50. The molecule has 1 atom stereocenters. The van der Waals surface area contributed by atoms with Gasteiger partial charge in [0.05, 0.1) is 12.6 Å². The zero-order valence-electron chi connectivity index (χ0n) is 12.4. The average molecular weight is 290 g/mol. The summed E-state index contributed by atoms with van der Waals surface area (Å²) in [4.78, 5) is 4.54. The monoisotopic (exact) mass is 290 g/mol. The normalized spacial score (nSPS) is 17.7. The Kier molecular flexibility index (Phi) is 3.49. The first-order valence-electron chi connectivity index (χ1n) is 7.68. The van der Waals surface area contributed by atoms with Crippen LogP contribution >= 0.6 is 0 Å². The summed E-state index contributed by atoms with van der Waals surface area (Å²) in [5.41, 5.74) is 3.62. The molecule has 3 aromatic rings. The Balaban J connectivity index is 1.65. The van der Waals surface area contributed by atoms with Crippen molar-refractivity contribution in [2.45, 2.75) is 12.5 Å². The predicted molar refractivity (Wildman–Crippen MR) is 87.6 cm³/mol. The average Bonchev–Trinajstić information content (AvgIpc) is 3.27. The van der Waals surface area contributed by atoms with E-state index in [1.807, 2.05) is 12.3 Å². The fourth-order valence-electron chi connectivity index (χ4n) is 3.02. The smallest absolute Gasteiger partial charge is 0.140 e. The quantitative estimate of drug-likeness (QED) is 0.723. The van der Waals surface area contributed by atoms with Gasteiger partial charge in [-0.15, -0.1) is 0 Å². The SMILES string of the molecule is c1ccc(-c2ccc(-c3nccn3C3CCOC3)cc2)cc1. The Hall–Kier alpha value is -2.39. The number of nitrogens with zero attached hydrogens (tertiary/aromatic N) is 2. The minimum absolute atomic E-state index is 0.409. The molecule has 22 heavy (non-hydrogen) atoms. The largest absolute Gasteiger partial charge is 0.379 e. The second kappa shape index (κ2) is 5.78. The highest BCUT2D eigenvalue weighted by molar-refractivity contribution is 5.67. The van der Waals surface area contributed by atoms with Crippen molar-refractivity contribution in [2.75, 3.05) is 13.2 Å². The lowest BCUT2D eigenvalue weighted by Crippen LogP contribution is -2.09. The molecule has 4 rings (SSSR count). The van der Waals surface area contributed by atoms with E-state index in [1.165, 1.54) is 11.1 Å². The van der Waals surface area contributed by atoms with E-state index in [9.17, 15) is 0 Å². The minimum Gasteiger partial charge on any atom is -0.379 e. The zero-order chi connectivity index (χ0) is 14.8. The van der Waals surface area contributed by atoms with Crippen LogP contribution in [0.15, 0.2) is 67.0 Å². The topological polar surface area (TPSA) is 27.1 Å². The van der Waals surface area contributed by atoms with Gasteiger partial charge >= 0.3 is 0 Å². The lowest BCUT2D eigenvalue weighted by atomic mass is 10.0. The van der Waals surface area contributed by atoms with Gasteiger partial charge < -0.3 is 9.30 Å². The summed E-state index contributed by atoms with van der Waals surface area (Å²) < 4.78 is 7.74. The Labute approximate surface area is 130 Å². The van der Waals surface area contributed by atoms with E-state index >= 15 is 0 Å². The van der Waals surface area contributed by atoms with E-state index in [-0.39, 0.29) is 0 Å². The maximum absolute atomic E-state index is 5.50. The Morgan fingerprint density at radius 2 is 1.64 bits per heavy atom. The number of ether oxygens (including phenoxy) is 1. The fourth-order valence-corrected chi connectivity index (χ4v) is 3.02. The molecule has 1 aliphatic rings. The molecular weight excluding hydrogens is 272 g/mol. The summed E-state index contributed by atoms with van der Waals surface area (Å²) in [7, 11) is 0. The summed E-state index contributed by atoms with van der Waals surface area (Å²) in [6, 6.07) is 19.5. The van der Waals surface area contributed by atoms with Crippen LogP contribution in [0.5, 0.6) is 0 Å². The summed E-state index contributed by atoms with van der Waals surface area (Å²) in [5.74, 6) is 1.02. The van der Waals surface area contributed by atoms with Gasteiger partial charge in [0.25, 0.3) is 0 Å². The van der Waals surface area contributed by atoms with Crippen LogP contribution in [0.2, 0.25) is 0 Å². The van der Waals surface area contributed by atoms with Gasteiger partial charge in [-0.2, -0.15) is 0 Å². The number of aromatic nitrogens is 2. The first-order valence-corrected chi connectivity index (χ1v) is 7.68. The third kappa shape index (κ3) is 2.44. The molecule has 0 radical (unpaired) electrons. The van der Waals surface area contributed by atoms with Gasteiger partial charge in [0, 0.05) is 24.6 Å². The number of imidazole rings is 1. The van der Waals surface area contributed by atoms with Crippen LogP contribution in [0, 0.1) is 0 Å². The summed E-state index contributed by atoms with van der Waals surface area (Å²) >= 11 is 0. The molecule has 3 heteroatoms. The van der Waals surface area contributed by atoms with E-state index in [2.05, 4.69) is 64.3 Å². The summed E-state index contributed by atoms with van der Waals surface area (Å²) in [5, 5.41) is 0. The van der Waals surface area contributed by atoms with Crippen LogP contribution in [-0.2, 0) is 4.74 Å². The molecule has 1 fully saturated rings. The molecule has 1 saturated heterocycles. The number of hydrogen-bond donors (Lipinski definition) is 0. The molecule has 0 saturated carbocycles. The molecule has 0 aliphatic carbocycles. The Morgan fingerprint density at radius 1 is 0.909 bits per heavy atom. The third-order valence-electron chi connectivity index (χ3n) is 4.22. The Bertz CT molecular complexity index is 741. The highest BCUT2D eigenvalue weighted by atomic mass is 16.5.